The molecule has 1 aliphatic heterocycles. The highest BCUT2D eigenvalue weighted by molar-refractivity contribution is 5.94. The van der Waals surface area contributed by atoms with Crippen molar-refractivity contribution in [2.24, 2.45) is 0 Å². The van der Waals surface area contributed by atoms with Gasteiger partial charge < -0.3 is 15.2 Å². The minimum atomic E-state index is -0.434. The lowest BCUT2D eigenvalue weighted by molar-refractivity contribution is 0.590. The topological polar surface area (TPSA) is 85.9 Å². The highest BCUT2D eigenvalue weighted by Crippen LogP contribution is 2.28. The lowest BCUT2D eigenvalue weighted by Gasteiger charge is -2.28. The molecule has 1 fully saturated rings. The smallest absolute Gasteiger partial charge is 0.332 e. The Balaban J connectivity index is 1.83. The Morgan fingerprint density at radius 2 is 1.87 bits per heavy atom. The average molecular weight is 311 g/mol. The van der Waals surface area contributed by atoms with E-state index in [2.05, 4.69) is 20.2 Å². The Morgan fingerprint density at radius 1 is 1.04 bits per heavy atom. The molecule has 0 saturated carbocycles. The van der Waals surface area contributed by atoms with Gasteiger partial charge in [-0.2, -0.15) is 0 Å². The molecule has 1 saturated heterocycles. The van der Waals surface area contributed by atoms with Gasteiger partial charge in [0.2, 0.25) is 0 Å². The van der Waals surface area contributed by atoms with E-state index in [1.807, 2.05) is 24.4 Å². The minimum Gasteiger partial charge on any atom is -0.367 e. The van der Waals surface area contributed by atoms with Crippen LogP contribution in [0.3, 0.4) is 0 Å². The fourth-order valence-corrected chi connectivity index (χ4v) is 3.03. The van der Waals surface area contributed by atoms with Crippen molar-refractivity contribution in [2.45, 2.75) is 0 Å². The van der Waals surface area contributed by atoms with E-state index in [0.29, 0.717) is 0 Å². The van der Waals surface area contributed by atoms with Crippen molar-refractivity contribution in [3.8, 4) is 5.69 Å². The van der Waals surface area contributed by atoms with Crippen LogP contribution in [0.25, 0.3) is 16.6 Å². The standard InChI is InChI=1S/C16H17N5O2/c22-15-3-6-21(16(23)19-15)11-1-2-13-12(9-11)14(10-18-13)20-7-4-17-5-8-20/h1-3,6,9-10,17-18H,4-5,7-8H2,(H,19,22,23). The van der Waals surface area contributed by atoms with Gasteiger partial charge in [-0.1, -0.05) is 0 Å². The fourth-order valence-electron chi connectivity index (χ4n) is 3.03. The molecule has 3 heterocycles. The van der Waals surface area contributed by atoms with Crippen molar-refractivity contribution >= 4 is 16.6 Å². The summed E-state index contributed by atoms with van der Waals surface area (Å²) < 4.78 is 1.44. The van der Waals surface area contributed by atoms with Crippen LogP contribution in [-0.4, -0.2) is 40.7 Å². The monoisotopic (exact) mass is 311 g/mol. The second-order valence-electron chi connectivity index (χ2n) is 5.62. The van der Waals surface area contributed by atoms with E-state index in [1.54, 1.807) is 0 Å². The van der Waals surface area contributed by atoms with Crippen molar-refractivity contribution < 1.29 is 0 Å². The van der Waals surface area contributed by atoms with E-state index in [-0.39, 0.29) is 0 Å². The zero-order valence-corrected chi connectivity index (χ0v) is 12.5. The zero-order chi connectivity index (χ0) is 15.8. The third-order valence-corrected chi connectivity index (χ3v) is 4.20. The number of nitrogens with zero attached hydrogens (tertiary/aromatic N) is 2. The van der Waals surface area contributed by atoms with E-state index in [1.165, 1.54) is 16.8 Å². The Bertz CT molecular complexity index is 962. The van der Waals surface area contributed by atoms with Gasteiger partial charge >= 0.3 is 5.69 Å². The number of rotatable bonds is 2. The Labute approximate surface area is 131 Å². The molecular weight excluding hydrogens is 294 g/mol. The van der Waals surface area contributed by atoms with E-state index >= 15 is 0 Å². The van der Waals surface area contributed by atoms with Gasteiger partial charge in [0.25, 0.3) is 5.56 Å². The number of hydrogen-bond acceptors (Lipinski definition) is 4. The number of piperazine rings is 1. The van der Waals surface area contributed by atoms with Gasteiger partial charge in [-0.3, -0.25) is 14.3 Å². The molecule has 1 aliphatic rings. The van der Waals surface area contributed by atoms with Crippen LogP contribution in [0.5, 0.6) is 0 Å². The van der Waals surface area contributed by atoms with Crippen molar-refractivity contribution in [3.63, 3.8) is 0 Å². The van der Waals surface area contributed by atoms with E-state index in [4.69, 9.17) is 0 Å². The molecule has 0 spiro atoms. The first-order valence-electron chi connectivity index (χ1n) is 7.61. The molecule has 1 aromatic carbocycles. The molecular formula is C16H17N5O2. The largest absolute Gasteiger partial charge is 0.367 e. The molecule has 0 bridgehead atoms. The first-order valence-corrected chi connectivity index (χ1v) is 7.61. The zero-order valence-electron chi connectivity index (χ0n) is 12.5. The summed E-state index contributed by atoms with van der Waals surface area (Å²) in [7, 11) is 0. The number of aromatic nitrogens is 3. The number of nitrogens with one attached hydrogen (secondary N) is 3. The van der Waals surface area contributed by atoms with Gasteiger partial charge in [-0.25, -0.2) is 4.79 Å². The first kappa shape index (κ1) is 13.8. The lowest BCUT2D eigenvalue weighted by Crippen LogP contribution is -2.43. The maximum absolute atomic E-state index is 12.0. The highest BCUT2D eigenvalue weighted by atomic mass is 16.2. The van der Waals surface area contributed by atoms with Crippen molar-refractivity contribution in [1.82, 2.24) is 19.9 Å². The summed E-state index contributed by atoms with van der Waals surface area (Å²) in [5, 5.41) is 4.42. The molecule has 0 atom stereocenters. The van der Waals surface area contributed by atoms with Gasteiger partial charge in [-0.05, 0) is 18.2 Å². The lowest BCUT2D eigenvalue weighted by atomic mass is 10.2. The molecule has 4 rings (SSSR count). The average Bonchev–Trinajstić information content (AvgIpc) is 2.99. The maximum atomic E-state index is 12.0. The summed E-state index contributed by atoms with van der Waals surface area (Å²) in [5.74, 6) is 0. The van der Waals surface area contributed by atoms with Gasteiger partial charge in [0.05, 0.1) is 11.4 Å². The van der Waals surface area contributed by atoms with Crippen LogP contribution in [0.2, 0.25) is 0 Å². The van der Waals surface area contributed by atoms with Crippen molar-refractivity contribution in [1.29, 1.82) is 0 Å². The predicted octanol–water partition coefficient (Wildman–Crippen LogP) is 0.417. The van der Waals surface area contributed by atoms with Gasteiger partial charge in [0.1, 0.15) is 0 Å². The molecule has 0 amide bonds. The highest BCUT2D eigenvalue weighted by Gasteiger charge is 2.15. The fraction of sp³-hybridized carbons (Fsp3) is 0.250. The van der Waals surface area contributed by atoms with Crippen molar-refractivity contribution in [3.05, 3.63) is 57.5 Å². The van der Waals surface area contributed by atoms with Crippen LogP contribution in [0.1, 0.15) is 0 Å². The number of H-pyrrole nitrogens is 2. The molecule has 118 valence electrons. The molecule has 7 heteroatoms. The summed E-state index contributed by atoms with van der Waals surface area (Å²) in [6.45, 7) is 3.84. The number of aromatic amines is 2. The molecule has 2 aromatic heterocycles. The number of fused-ring (bicyclic) bond motifs is 1. The Hall–Kier alpha value is -2.80. The van der Waals surface area contributed by atoms with Gasteiger partial charge in [-0.15, -0.1) is 0 Å². The molecule has 0 unspecified atom stereocenters. The number of benzene rings is 1. The maximum Gasteiger partial charge on any atom is 0.332 e. The quantitative estimate of drug-likeness (QED) is 0.640. The second kappa shape index (κ2) is 5.44. The molecule has 0 radical (unpaired) electrons. The third-order valence-electron chi connectivity index (χ3n) is 4.20. The van der Waals surface area contributed by atoms with Crippen LogP contribution in [0, 0.1) is 0 Å². The SMILES string of the molecule is O=c1ccn(-c2ccc3[nH]cc(N4CCNCC4)c3c2)c(=O)[nH]1. The minimum absolute atomic E-state index is 0.393. The van der Waals surface area contributed by atoms with E-state index in [0.717, 1.165) is 48.5 Å². The summed E-state index contributed by atoms with van der Waals surface area (Å²) in [5.41, 5.74) is 2.07. The number of hydrogen-bond donors (Lipinski definition) is 3. The summed E-state index contributed by atoms with van der Waals surface area (Å²) >= 11 is 0. The van der Waals surface area contributed by atoms with Crippen LogP contribution in [0.15, 0.2) is 46.2 Å². The van der Waals surface area contributed by atoms with Gasteiger partial charge in [0.15, 0.2) is 0 Å². The van der Waals surface area contributed by atoms with Gasteiger partial charge in [0, 0.05) is 55.5 Å². The Kier molecular flexibility index (Phi) is 3.27. The molecule has 3 N–H and O–H groups in total. The predicted molar refractivity (Wildman–Crippen MR) is 89.6 cm³/mol. The van der Waals surface area contributed by atoms with E-state index < -0.39 is 11.2 Å². The third kappa shape index (κ3) is 2.44. The molecule has 3 aromatic rings. The number of anilines is 1. The molecule has 7 nitrogen and oxygen atoms in total. The summed E-state index contributed by atoms with van der Waals surface area (Å²) in [4.78, 5) is 31.1. The van der Waals surface area contributed by atoms with Crippen LogP contribution >= 0.6 is 0 Å². The van der Waals surface area contributed by atoms with Crippen LogP contribution in [-0.2, 0) is 0 Å². The first-order chi connectivity index (χ1) is 11.2. The Morgan fingerprint density at radius 3 is 2.65 bits per heavy atom. The molecule has 0 aliphatic carbocycles. The second-order valence-corrected chi connectivity index (χ2v) is 5.62. The van der Waals surface area contributed by atoms with E-state index in [9.17, 15) is 9.59 Å². The summed E-state index contributed by atoms with van der Waals surface area (Å²) in [6, 6.07) is 7.14. The normalized spacial score (nSPS) is 15.2. The summed E-state index contributed by atoms with van der Waals surface area (Å²) in [6.07, 6.45) is 3.51. The van der Waals surface area contributed by atoms with Crippen molar-refractivity contribution in [2.75, 3.05) is 31.1 Å². The molecule has 23 heavy (non-hydrogen) atoms. The van der Waals surface area contributed by atoms with Crippen LogP contribution < -0.4 is 21.5 Å². The van der Waals surface area contributed by atoms with Crippen LogP contribution in [0.4, 0.5) is 5.69 Å².